The lowest BCUT2D eigenvalue weighted by molar-refractivity contribution is -0.130. The maximum atomic E-state index is 12.0. The first kappa shape index (κ1) is 21.0. The first-order valence-electron chi connectivity index (χ1n) is 7.44. The summed E-state index contributed by atoms with van der Waals surface area (Å²) >= 11 is 0. The van der Waals surface area contributed by atoms with E-state index in [-0.39, 0.29) is 30.7 Å². The van der Waals surface area contributed by atoms with Crippen molar-refractivity contribution >= 4 is 36.4 Å². The van der Waals surface area contributed by atoms with E-state index in [2.05, 4.69) is 34.5 Å². The molecule has 0 bridgehead atoms. The predicted molar refractivity (Wildman–Crippen MR) is 97.4 cm³/mol. The van der Waals surface area contributed by atoms with Gasteiger partial charge < -0.3 is 15.1 Å². The van der Waals surface area contributed by atoms with Gasteiger partial charge in [0.2, 0.25) is 5.91 Å². The molecule has 0 aromatic heterocycles. The van der Waals surface area contributed by atoms with E-state index in [0.29, 0.717) is 13.0 Å². The number of anilines is 1. The summed E-state index contributed by atoms with van der Waals surface area (Å²) in [6.07, 6.45) is 3.09. The third-order valence-corrected chi connectivity index (χ3v) is 3.86. The summed E-state index contributed by atoms with van der Waals surface area (Å²) in [7, 11) is 3.76. The molecule has 1 amide bonds. The lowest BCUT2D eigenvalue weighted by atomic mass is 10.1. The van der Waals surface area contributed by atoms with Crippen LogP contribution in [0.3, 0.4) is 0 Å². The van der Waals surface area contributed by atoms with Gasteiger partial charge in [-0.05, 0) is 31.5 Å². The van der Waals surface area contributed by atoms with Crippen LogP contribution in [0.15, 0.2) is 24.3 Å². The second-order valence-electron chi connectivity index (χ2n) is 5.43. The quantitative estimate of drug-likeness (QED) is 0.859. The molecule has 0 aliphatic carbocycles. The Kier molecular flexibility index (Phi) is 10.2. The molecule has 1 fully saturated rings. The van der Waals surface area contributed by atoms with Crippen molar-refractivity contribution in [3.63, 3.8) is 0 Å². The molecular formula is C16H27Cl2N3O. The molecule has 0 atom stereocenters. The molecule has 22 heavy (non-hydrogen) atoms. The smallest absolute Gasteiger partial charge is 0.223 e. The van der Waals surface area contributed by atoms with Gasteiger partial charge in [0.25, 0.3) is 0 Å². The monoisotopic (exact) mass is 347 g/mol. The van der Waals surface area contributed by atoms with Crippen LogP contribution in [-0.2, 0) is 11.3 Å². The Bertz CT molecular complexity index is 451. The zero-order valence-corrected chi connectivity index (χ0v) is 15.0. The largest absolute Gasteiger partial charge is 0.371 e. The van der Waals surface area contributed by atoms with Gasteiger partial charge in [-0.1, -0.05) is 18.2 Å². The number of nitrogens with one attached hydrogen (secondary N) is 1. The Labute approximate surface area is 146 Å². The highest BCUT2D eigenvalue weighted by atomic mass is 35.5. The molecule has 1 N–H and O–H groups in total. The van der Waals surface area contributed by atoms with E-state index in [0.717, 1.165) is 19.6 Å². The molecule has 1 saturated heterocycles. The number of para-hydroxylation sites is 1. The molecular weight excluding hydrogens is 321 g/mol. The zero-order chi connectivity index (χ0) is 14.4. The minimum absolute atomic E-state index is 0. The number of hydrogen-bond donors (Lipinski definition) is 1. The highest BCUT2D eigenvalue weighted by Gasteiger charge is 2.17. The number of rotatable bonds is 6. The third-order valence-electron chi connectivity index (χ3n) is 3.86. The summed E-state index contributed by atoms with van der Waals surface area (Å²) < 4.78 is 0. The Morgan fingerprint density at radius 3 is 2.50 bits per heavy atom. The van der Waals surface area contributed by atoms with Crippen molar-refractivity contribution in [3.05, 3.63) is 29.8 Å². The number of halogens is 2. The van der Waals surface area contributed by atoms with Gasteiger partial charge in [-0.25, -0.2) is 0 Å². The molecule has 1 heterocycles. The van der Waals surface area contributed by atoms with Crippen molar-refractivity contribution in [2.75, 3.05) is 38.6 Å². The van der Waals surface area contributed by atoms with Crippen molar-refractivity contribution in [2.24, 2.45) is 0 Å². The standard InChI is InChI=1S/C16H25N3O.2ClH/c1-17-10-9-16(20)18(2)13-14-7-3-4-8-15(14)19-11-5-6-12-19;;/h3-4,7-8,17H,5-6,9-13H2,1-2H3;2*1H. The van der Waals surface area contributed by atoms with Crippen molar-refractivity contribution in [1.29, 1.82) is 0 Å². The SMILES string of the molecule is CNCCC(=O)N(C)Cc1ccccc1N1CCCC1.Cl.Cl. The number of carbonyl (C=O) groups excluding carboxylic acids is 1. The Morgan fingerprint density at radius 1 is 1.23 bits per heavy atom. The lowest BCUT2D eigenvalue weighted by Gasteiger charge is -2.24. The Morgan fingerprint density at radius 2 is 1.86 bits per heavy atom. The molecule has 0 radical (unpaired) electrons. The van der Waals surface area contributed by atoms with Crippen LogP contribution in [-0.4, -0.2) is 44.5 Å². The lowest BCUT2D eigenvalue weighted by Crippen LogP contribution is -2.29. The summed E-state index contributed by atoms with van der Waals surface area (Å²) in [6.45, 7) is 3.69. The number of benzene rings is 1. The number of hydrogen-bond acceptors (Lipinski definition) is 3. The van der Waals surface area contributed by atoms with E-state index in [1.807, 2.05) is 19.0 Å². The normalized spacial score (nSPS) is 13.3. The Balaban J connectivity index is 0.00000220. The summed E-state index contributed by atoms with van der Waals surface area (Å²) in [5.74, 6) is 0.190. The summed E-state index contributed by atoms with van der Waals surface area (Å²) in [5, 5.41) is 3.02. The van der Waals surface area contributed by atoms with E-state index >= 15 is 0 Å². The van der Waals surface area contributed by atoms with Crippen molar-refractivity contribution in [2.45, 2.75) is 25.8 Å². The van der Waals surface area contributed by atoms with Crippen LogP contribution in [0.4, 0.5) is 5.69 Å². The van der Waals surface area contributed by atoms with Gasteiger partial charge in [0.15, 0.2) is 0 Å². The van der Waals surface area contributed by atoms with Crippen LogP contribution in [0, 0.1) is 0 Å². The maximum absolute atomic E-state index is 12.0. The third kappa shape index (κ3) is 5.67. The average molecular weight is 348 g/mol. The summed E-state index contributed by atoms with van der Waals surface area (Å²) in [5.41, 5.74) is 2.54. The molecule has 6 heteroatoms. The molecule has 2 rings (SSSR count). The fourth-order valence-corrected chi connectivity index (χ4v) is 2.68. The molecule has 1 aliphatic heterocycles. The molecule has 1 aromatic carbocycles. The van der Waals surface area contributed by atoms with Crippen molar-refractivity contribution < 1.29 is 4.79 Å². The molecule has 1 aromatic rings. The fraction of sp³-hybridized carbons (Fsp3) is 0.562. The molecule has 0 saturated carbocycles. The van der Waals surface area contributed by atoms with Gasteiger partial charge in [0.05, 0.1) is 0 Å². The highest BCUT2D eigenvalue weighted by molar-refractivity contribution is 5.85. The van der Waals surface area contributed by atoms with Gasteiger partial charge >= 0.3 is 0 Å². The summed E-state index contributed by atoms with van der Waals surface area (Å²) in [6, 6.07) is 8.45. The van der Waals surface area contributed by atoms with Crippen LogP contribution in [0.5, 0.6) is 0 Å². The van der Waals surface area contributed by atoms with Gasteiger partial charge in [-0.15, -0.1) is 24.8 Å². The van der Waals surface area contributed by atoms with Crippen LogP contribution in [0.25, 0.3) is 0 Å². The van der Waals surface area contributed by atoms with Crippen LogP contribution in [0.1, 0.15) is 24.8 Å². The van der Waals surface area contributed by atoms with Gasteiger partial charge in [-0.2, -0.15) is 0 Å². The second kappa shape index (κ2) is 10.7. The van der Waals surface area contributed by atoms with Crippen molar-refractivity contribution in [1.82, 2.24) is 10.2 Å². The molecule has 0 spiro atoms. The summed E-state index contributed by atoms with van der Waals surface area (Å²) in [4.78, 5) is 16.3. The number of carbonyl (C=O) groups is 1. The minimum Gasteiger partial charge on any atom is -0.371 e. The average Bonchev–Trinajstić information content (AvgIpc) is 2.99. The number of amides is 1. The minimum atomic E-state index is 0. The highest BCUT2D eigenvalue weighted by Crippen LogP contribution is 2.25. The second-order valence-corrected chi connectivity index (χ2v) is 5.43. The van der Waals surface area contributed by atoms with Gasteiger partial charge in [0, 0.05) is 45.3 Å². The van der Waals surface area contributed by atoms with E-state index < -0.39 is 0 Å². The van der Waals surface area contributed by atoms with Crippen LogP contribution < -0.4 is 10.2 Å². The Hall–Kier alpha value is -0.970. The molecule has 1 aliphatic rings. The number of nitrogens with zero attached hydrogens (tertiary/aromatic N) is 2. The van der Waals surface area contributed by atoms with Gasteiger partial charge in [-0.3, -0.25) is 4.79 Å². The van der Waals surface area contributed by atoms with Crippen LogP contribution >= 0.6 is 24.8 Å². The molecule has 4 nitrogen and oxygen atoms in total. The topological polar surface area (TPSA) is 35.6 Å². The van der Waals surface area contributed by atoms with Crippen molar-refractivity contribution in [3.8, 4) is 0 Å². The fourth-order valence-electron chi connectivity index (χ4n) is 2.68. The first-order chi connectivity index (χ1) is 9.72. The first-order valence-corrected chi connectivity index (χ1v) is 7.44. The van der Waals surface area contributed by atoms with E-state index in [9.17, 15) is 4.79 Å². The van der Waals surface area contributed by atoms with Gasteiger partial charge in [0.1, 0.15) is 0 Å². The van der Waals surface area contributed by atoms with E-state index in [1.54, 1.807) is 0 Å². The van der Waals surface area contributed by atoms with E-state index in [1.165, 1.54) is 24.1 Å². The molecule has 126 valence electrons. The maximum Gasteiger partial charge on any atom is 0.223 e. The zero-order valence-electron chi connectivity index (χ0n) is 13.4. The van der Waals surface area contributed by atoms with E-state index in [4.69, 9.17) is 0 Å². The molecule has 0 unspecified atom stereocenters. The predicted octanol–water partition coefficient (Wildman–Crippen LogP) is 2.70. The van der Waals surface area contributed by atoms with Crippen LogP contribution in [0.2, 0.25) is 0 Å².